The third-order valence-electron chi connectivity index (χ3n) is 5.11. The lowest BCUT2D eigenvalue weighted by Gasteiger charge is -2.41. The topological polar surface area (TPSA) is 72.9 Å². The Morgan fingerprint density at radius 3 is 2.33 bits per heavy atom. The average molecular weight is 376 g/mol. The minimum atomic E-state index is -0.547. The summed E-state index contributed by atoms with van der Waals surface area (Å²) in [6.07, 6.45) is -0.382. The van der Waals surface area contributed by atoms with Crippen molar-refractivity contribution in [2.75, 3.05) is 26.2 Å². The molecule has 27 heavy (non-hydrogen) atoms. The summed E-state index contributed by atoms with van der Waals surface area (Å²) in [7, 11) is 0. The molecule has 1 aliphatic rings. The number of β-amino-alcohol motifs (C(OH)–C–C–N with tert-alkyl or cyclic N) is 1. The molecule has 2 amide bonds. The van der Waals surface area contributed by atoms with Gasteiger partial charge in [0.15, 0.2) is 0 Å². The predicted octanol–water partition coefficient (Wildman–Crippen LogP) is 1.66. The molecular weight excluding hydrogens is 342 g/mol. The molecule has 0 saturated carbocycles. The van der Waals surface area contributed by atoms with Crippen LogP contribution in [0.2, 0.25) is 0 Å². The second-order valence-corrected chi connectivity index (χ2v) is 8.04. The van der Waals surface area contributed by atoms with Gasteiger partial charge in [-0.25, -0.2) is 0 Å². The lowest BCUT2D eigenvalue weighted by Crippen LogP contribution is -2.59. The number of piperazine rings is 1. The molecule has 0 radical (unpaired) electrons. The van der Waals surface area contributed by atoms with Gasteiger partial charge in [0.25, 0.3) is 5.91 Å². The monoisotopic (exact) mass is 375 g/mol. The number of carbonyl (C=O) groups excluding carboxylic acids is 2. The number of rotatable bonds is 6. The maximum Gasteiger partial charge on any atom is 0.251 e. The fourth-order valence-electron chi connectivity index (χ4n) is 3.45. The van der Waals surface area contributed by atoms with Crippen LogP contribution >= 0.6 is 0 Å². The highest BCUT2D eigenvalue weighted by atomic mass is 16.3. The molecule has 6 nitrogen and oxygen atoms in total. The molecular formula is C21H33N3O3. The molecule has 6 heteroatoms. The Kier molecular flexibility index (Phi) is 7.39. The third kappa shape index (κ3) is 5.78. The van der Waals surface area contributed by atoms with Crippen LogP contribution in [0.3, 0.4) is 0 Å². The zero-order valence-electron chi connectivity index (χ0n) is 17.1. The van der Waals surface area contributed by atoms with E-state index in [1.807, 2.05) is 37.8 Å². The molecule has 1 heterocycles. The molecule has 150 valence electrons. The highest BCUT2D eigenvalue weighted by Gasteiger charge is 2.33. The molecule has 1 aromatic carbocycles. The number of benzene rings is 1. The number of amides is 2. The SMILES string of the molecule is Cc1ccc(C(=O)N[C@H](C(=O)N2CCN(C[C@H](C)O)[C@H](C)C2)C(C)C)cc1. The van der Waals surface area contributed by atoms with Crippen molar-refractivity contribution >= 4 is 11.8 Å². The lowest BCUT2D eigenvalue weighted by atomic mass is 10.0. The number of hydrogen-bond acceptors (Lipinski definition) is 4. The van der Waals surface area contributed by atoms with Crippen molar-refractivity contribution in [1.29, 1.82) is 0 Å². The average Bonchev–Trinajstić information content (AvgIpc) is 2.60. The molecule has 0 aromatic heterocycles. The first-order chi connectivity index (χ1) is 12.7. The van der Waals surface area contributed by atoms with Crippen molar-refractivity contribution in [2.24, 2.45) is 5.92 Å². The van der Waals surface area contributed by atoms with E-state index in [9.17, 15) is 14.7 Å². The fraction of sp³-hybridized carbons (Fsp3) is 0.619. The maximum atomic E-state index is 13.1. The van der Waals surface area contributed by atoms with Crippen LogP contribution in [0, 0.1) is 12.8 Å². The van der Waals surface area contributed by atoms with Gasteiger partial charge in [-0.3, -0.25) is 14.5 Å². The summed E-state index contributed by atoms with van der Waals surface area (Å²) in [4.78, 5) is 29.7. The van der Waals surface area contributed by atoms with E-state index in [-0.39, 0.29) is 29.9 Å². The quantitative estimate of drug-likeness (QED) is 0.793. The van der Waals surface area contributed by atoms with E-state index in [4.69, 9.17) is 0 Å². The summed E-state index contributed by atoms with van der Waals surface area (Å²) in [5.41, 5.74) is 1.65. The van der Waals surface area contributed by atoms with E-state index in [0.717, 1.165) is 12.1 Å². The first kappa shape index (κ1) is 21.4. The summed E-state index contributed by atoms with van der Waals surface area (Å²) < 4.78 is 0. The van der Waals surface area contributed by atoms with Crippen molar-refractivity contribution in [3.8, 4) is 0 Å². The zero-order chi connectivity index (χ0) is 20.1. The summed E-state index contributed by atoms with van der Waals surface area (Å²) >= 11 is 0. The molecule has 1 aromatic rings. The Bertz CT molecular complexity index is 643. The molecule has 2 rings (SSSR count). The van der Waals surface area contributed by atoms with Crippen LogP contribution in [0.15, 0.2) is 24.3 Å². The first-order valence-electron chi connectivity index (χ1n) is 9.77. The number of aryl methyl sites for hydroxylation is 1. The molecule has 2 N–H and O–H groups in total. The van der Waals surface area contributed by atoms with E-state index in [1.54, 1.807) is 19.1 Å². The molecule has 1 aliphatic heterocycles. The van der Waals surface area contributed by atoms with Crippen LogP contribution in [-0.4, -0.2) is 71.1 Å². The number of nitrogens with zero attached hydrogens (tertiary/aromatic N) is 2. The maximum absolute atomic E-state index is 13.1. The van der Waals surface area contributed by atoms with Gasteiger partial charge >= 0.3 is 0 Å². The minimum Gasteiger partial charge on any atom is -0.392 e. The summed E-state index contributed by atoms with van der Waals surface area (Å²) in [5.74, 6) is -0.255. The smallest absolute Gasteiger partial charge is 0.251 e. The van der Waals surface area contributed by atoms with E-state index >= 15 is 0 Å². The molecule has 0 unspecified atom stereocenters. The molecule has 3 atom stereocenters. The van der Waals surface area contributed by atoms with Crippen LogP contribution in [0.1, 0.15) is 43.6 Å². The summed E-state index contributed by atoms with van der Waals surface area (Å²) in [6, 6.07) is 6.98. The Morgan fingerprint density at radius 2 is 1.81 bits per heavy atom. The number of aliphatic hydroxyl groups is 1. The number of hydrogen-bond donors (Lipinski definition) is 2. The van der Waals surface area contributed by atoms with Crippen LogP contribution in [0.5, 0.6) is 0 Å². The Morgan fingerprint density at radius 1 is 1.19 bits per heavy atom. The minimum absolute atomic E-state index is 0.00213. The second-order valence-electron chi connectivity index (χ2n) is 8.04. The summed E-state index contributed by atoms with van der Waals surface area (Å²) in [6.45, 7) is 12.3. The van der Waals surface area contributed by atoms with E-state index in [1.165, 1.54) is 0 Å². The predicted molar refractivity (Wildman–Crippen MR) is 107 cm³/mol. The van der Waals surface area contributed by atoms with Crippen LogP contribution < -0.4 is 5.32 Å². The number of nitrogens with one attached hydrogen (secondary N) is 1. The van der Waals surface area contributed by atoms with E-state index in [2.05, 4.69) is 17.1 Å². The van der Waals surface area contributed by atoms with Crippen molar-refractivity contribution in [3.05, 3.63) is 35.4 Å². The summed E-state index contributed by atoms with van der Waals surface area (Å²) in [5, 5.41) is 12.5. The molecule has 1 saturated heterocycles. The van der Waals surface area contributed by atoms with Crippen LogP contribution in [0.25, 0.3) is 0 Å². The largest absolute Gasteiger partial charge is 0.392 e. The van der Waals surface area contributed by atoms with Crippen LogP contribution in [0.4, 0.5) is 0 Å². The third-order valence-corrected chi connectivity index (χ3v) is 5.11. The molecule has 0 aliphatic carbocycles. The molecule has 0 spiro atoms. The highest BCUT2D eigenvalue weighted by Crippen LogP contribution is 2.15. The Balaban J connectivity index is 2.02. The van der Waals surface area contributed by atoms with Gasteiger partial charge < -0.3 is 15.3 Å². The van der Waals surface area contributed by atoms with Gasteiger partial charge in [-0.05, 0) is 38.8 Å². The van der Waals surface area contributed by atoms with Gasteiger partial charge in [-0.1, -0.05) is 31.5 Å². The normalized spacial score (nSPS) is 20.4. The van der Waals surface area contributed by atoms with Crippen molar-refractivity contribution in [2.45, 2.75) is 52.8 Å². The van der Waals surface area contributed by atoms with Crippen molar-refractivity contribution in [3.63, 3.8) is 0 Å². The van der Waals surface area contributed by atoms with Gasteiger partial charge in [0, 0.05) is 37.8 Å². The molecule has 1 fully saturated rings. The van der Waals surface area contributed by atoms with E-state index in [0.29, 0.717) is 25.2 Å². The van der Waals surface area contributed by atoms with E-state index < -0.39 is 6.04 Å². The van der Waals surface area contributed by atoms with Gasteiger partial charge in [0.2, 0.25) is 5.91 Å². The van der Waals surface area contributed by atoms with Gasteiger partial charge in [-0.2, -0.15) is 0 Å². The standard InChI is InChI=1S/C21H33N3O3/c1-14(2)19(22-20(26)18-8-6-15(3)7-9-18)21(27)24-11-10-23(13-17(5)25)16(4)12-24/h6-9,14,16-17,19,25H,10-13H2,1-5H3,(H,22,26)/t16-,17+,19+/m1/s1. The van der Waals surface area contributed by atoms with Gasteiger partial charge in [-0.15, -0.1) is 0 Å². The second kappa shape index (κ2) is 9.33. The highest BCUT2D eigenvalue weighted by molar-refractivity contribution is 5.97. The number of carbonyl (C=O) groups is 2. The van der Waals surface area contributed by atoms with Crippen molar-refractivity contribution < 1.29 is 14.7 Å². The number of aliphatic hydroxyl groups excluding tert-OH is 1. The first-order valence-corrected chi connectivity index (χ1v) is 9.77. The van der Waals surface area contributed by atoms with Crippen molar-refractivity contribution in [1.82, 2.24) is 15.1 Å². The Labute approximate surface area is 162 Å². The lowest BCUT2D eigenvalue weighted by molar-refractivity contribution is -0.137. The van der Waals surface area contributed by atoms with Gasteiger partial charge in [0.05, 0.1) is 6.10 Å². The zero-order valence-corrected chi connectivity index (χ0v) is 17.1. The Hall–Kier alpha value is -1.92. The molecule has 0 bridgehead atoms. The fourth-order valence-corrected chi connectivity index (χ4v) is 3.45. The van der Waals surface area contributed by atoms with Gasteiger partial charge in [0.1, 0.15) is 6.04 Å². The van der Waals surface area contributed by atoms with Crippen LogP contribution in [-0.2, 0) is 4.79 Å².